The zero-order valence-corrected chi connectivity index (χ0v) is 4.90. The Labute approximate surface area is 80.2 Å². The first-order valence-electron chi connectivity index (χ1n) is 2.41. The Kier molecular flexibility index (Phi) is 3.63. The number of carbonyl (C=O) groups is 1. The molecular formula is C5H7N2NaO2. The first-order valence-corrected chi connectivity index (χ1v) is 2.41. The molecule has 1 N–H and O–H groups in total. The van der Waals surface area contributed by atoms with Crippen LogP contribution in [0.5, 0.6) is 0 Å². The molecule has 0 aromatic carbocycles. The molecule has 0 unspecified atom stereocenters. The van der Waals surface area contributed by atoms with E-state index in [1.54, 1.807) is 7.05 Å². The zero-order chi connectivity index (χ0) is 6.85. The second-order valence-corrected chi connectivity index (χ2v) is 1.69. The topological polar surface area (TPSA) is 55.1 Å². The van der Waals surface area contributed by atoms with E-state index in [9.17, 15) is 4.79 Å². The molecule has 1 aromatic heterocycles. The summed E-state index contributed by atoms with van der Waals surface area (Å²) in [5.74, 6) is -0.949. The molecule has 0 amide bonds. The summed E-state index contributed by atoms with van der Waals surface area (Å²) in [5, 5.41) is 8.39. The van der Waals surface area contributed by atoms with Crippen molar-refractivity contribution in [3.05, 3.63) is 18.2 Å². The number of hydrogen-bond donors (Lipinski definition) is 1. The quantitative estimate of drug-likeness (QED) is 0.547. The first kappa shape index (κ1) is 9.68. The van der Waals surface area contributed by atoms with E-state index in [0.717, 1.165) is 0 Å². The van der Waals surface area contributed by atoms with Gasteiger partial charge in [-0.1, -0.05) is 0 Å². The van der Waals surface area contributed by atoms with Crippen LogP contribution >= 0.6 is 0 Å². The Hall–Kier alpha value is -0.320. The molecule has 1 rings (SSSR count). The van der Waals surface area contributed by atoms with E-state index in [1.807, 2.05) is 0 Å². The number of rotatable bonds is 1. The van der Waals surface area contributed by atoms with Gasteiger partial charge in [-0.25, -0.2) is 9.78 Å². The molecule has 0 spiro atoms. The molecule has 0 saturated carbocycles. The van der Waals surface area contributed by atoms with Crippen LogP contribution in [0.4, 0.5) is 0 Å². The molecule has 0 saturated heterocycles. The van der Waals surface area contributed by atoms with Crippen molar-refractivity contribution >= 4 is 35.5 Å². The van der Waals surface area contributed by atoms with Crippen molar-refractivity contribution in [3.63, 3.8) is 0 Å². The number of hydrogen-bond acceptors (Lipinski definition) is 2. The average molecular weight is 150 g/mol. The molecule has 0 aliphatic carbocycles. The van der Waals surface area contributed by atoms with Gasteiger partial charge in [0.25, 0.3) is 0 Å². The molecule has 1 aromatic rings. The second-order valence-electron chi connectivity index (χ2n) is 1.69. The molecule has 0 aliphatic rings. The minimum absolute atomic E-state index is 0. The minimum atomic E-state index is -0.949. The van der Waals surface area contributed by atoms with Gasteiger partial charge < -0.3 is 9.67 Å². The molecule has 5 heteroatoms. The average Bonchev–Trinajstić information content (AvgIpc) is 2.13. The predicted molar refractivity (Wildman–Crippen MR) is 37.3 cm³/mol. The molecule has 0 atom stereocenters. The van der Waals surface area contributed by atoms with Crippen molar-refractivity contribution in [2.75, 3.05) is 0 Å². The van der Waals surface area contributed by atoms with Crippen LogP contribution in [0.1, 0.15) is 10.5 Å². The van der Waals surface area contributed by atoms with Crippen molar-refractivity contribution < 1.29 is 9.90 Å². The summed E-state index contributed by atoms with van der Waals surface area (Å²) < 4.78 is 1.45. The summed E-state index contributed by atoms with van der Waals surface area (Å²) in [6.07, 6.45) is 2.76. The van der Waals surface area contributed by atoms with E-state index >= 15 is 0 Å². The van der Waals surface area contributed by atoms with Crippen molar-refractivity contribution in [1.82, 2.24) is 9.55 Å². The van der Waals surface area contributed by atoms with Gasteiger partial charge in [-0.2, -0.15) is 0 Å². The number of carboxylic acids is 1. The second kappa shape index (κ2) is 3.75. The van der Waals surface area contributed by atoms with Gasteiger partial charge in [0.15, 0.2) is 0 Å². The van der Waals surface area contributed by atoms with Gasteiger partial charge in [0.2, 0.25) is 0 Å². The van der Waals surface area contributed by atoms with Crippen LogP contribution in [0.2, 0.25) is 0 Å². The van der Waals surface area contributed by atoms with E-state index in [1.165, 1.54) is 17.1 Å². The van der Waals surface area contributed by atoms with Crippen LogP contribution in [-0.2, 0) is 7.05 Å². The molecule has 4 nitrogen and oxygen atoms in total. The van der Waals surface area contributed by atoms with E-state index < -0.39 is 5.97 Å². The molecular weight excluding hydrogens is 143 g/mol. The van der Waals surface area contributed by atoms with E-state index in [0.29, 0.717) is 0 Å². The third-order valence-corrected chi connectivity index (χ3v) is 1.04. The van der Waals surface area contributed by atoms with Crippen LogP contribution in [0, 0.1) is 0 Å². The normalized spacial score (nSPS) is 8.50. The van der Waals surface area contributed by atoms with E-state index in [2.05, 4.69) is 4.98 Å². The fourth-order valence-corrected chi connectivity index (χ4v) is 0.563. The standard InChI is InChI=1S/C5H6N2O2.Na.H/c1-7-3-6-2-4(7)5(8)9;;/h2-3H,1H3,(H,8,9);;. The number of imidazole rings is 1. The molecule has 0 fully saturated rings. The Morgan fingerprint density at radius 2 is 2.40 bits per heavy atom. The number of aromatic nitrogens is 2. The molecule has 1 heterocycles. The van der Waals surface area contributed by atoms with E-state index in [-0.39, 0.29) is 35.3 Å². The maximum atomic E-state index is 10.2. The molecule has 50 valence electrons. The van der Waals surface area contributed by atoms with Gasteiger partial charge in [-0.05, 0) is 0 Å². The molecule has 10 heavy (non-hydrogen) atoms. The van der Waals surface area contributed by atoms with Crippen LogP contribution in [0.25, 0.3) is 0 Å². The monoisotopic (exact) mass is 150 g/mol. The van der Waals surface area contributed by atoms with Gasteiger partial charge in [0, 0.05) is 7.05 Å². The molecule has 0 bridgehead atoms. The summed E-state index contributed by atoms with van der Waals surface area (Å²) in [6.45, 7) is 0. The fraction of sp³-hybridized carbons (Fsp3) is 0.200. The van der Waals surface area contributed by atoms with E-state index in [4.69, 9.17) is 5.11 Å². The predicted octanol–water partition coefficient (Wildman–Crippen LogP) is -0.530. The van der Waals surface area contributed by atoms with Crippen molar-refractivity contribution in [3.8, 4) is 0 Å². The number of nitrogens with zero attached hydrogens (tertiary/aromatic N) is 2. The number of aromatic carboxylic acids is 1. The van der Waals surface area contributed by atoms with Crippen LogP contribution in [0.15, 0.2) is 12.5 Å². The van der Waals surface area contributed by atoms with Gasteiger partial charge in [0.05, 0.1) is 12.5 Å². The third kappa shape index (κ3) is 1.83. The third-order valence-electron chi connectivity index (χ3n) is 1.04. The number of aryl methyl sites for hydroxylation is 1. The summed E-state index contributed by atoms with van der Waals surface area (Å²) in [4.78, 5) is 13.8. The summed E-state index contributed by atoms with van der Waals surface area (Å²) in [6, 6.07) is 0. The van der Waals surface area contributed by atoms with Gasteiger partial charge >= 0.3 is 35.5 Å². The zero-order valence-electron chi connectivity index (χ0n) is 4.90. The van der Waals surface area contributed by atoms with Crippen molar-refractivity contribution in [1.29, 1.82) is 0 Å². The summed E-state index contributed by atoms with van der Waals surface area (Å²) >= 11 is 0. The van der Waals surface area contributed by atoms with Gasteiger partial charge in [-0.15, -0.1) is 0 Å². The van der Waals surface area contributed by atoms with Gasteiger partial charge in [-0.3, -0.25) is 0 Å². The Balaban J connectivity index is 0.000000810. The first-order chi connectivity index (χ1) is 4.22. The van der Waals surface area contributed by atoms with Crippen molar-refractivity contribution in [2.45, 2.75) is 0 Å². The van der Waals surface area contributed by atoms with Crippen molar-refractivity contribution in [2.24, 2.45) is 7.05 Å². The maximum absolute atomic E-state index is 10.2. The van der Waals surface area contributed by atoms with Crippen LogP contribution < -0.4 is 0 Å². The Morgan fingerprint density at radius 1 is 1.80 bits per heavy atom. The SMILES string of the molecule is Cn1cncc1C(=O)O.[NaH]. The van der Waals surface area contributed by atoms with Crippen LogP contribution in [0.3, 0.4) is 0 Å². The number of carboxylic acid groups (broad SMARTS) is 1. The Morgan fingerprint density at radius 3 is 2.60 bits per heavy atom. The van der Waals surface area contributed by atoms with Crippen LogP contribution in [-0.4, -0.2) is 50.2 Å². The molecule has 0 radical (unpaired) electrons. The summed E-state index contributed by atoms with van der Waals surface area (Å²) in [7, 11) is 1.64. The fourth-order valence-electron chi connectivity index (χ4n) is 0.563. The van der Waals surface area contributed by atoms with Gasteiger partial charge in [0.1, 0.15) is 5.69 Å². The summed E-state index contributed by atoms with van der Waals surface area (Å²) in [5.41, 5.74) is 0.204. The molecule has 0 aliphatic heterocycles. The Bertz CT molecular complexity index is 233.